The molecule has 0 aromatic heterocycles. The van der Waals surface area contributed by atoms with E-state index in [1.165, 1.54) is 54.6 Å². The normalized spacial score (nSPS) is 10.9. The Balaban J connectivity index is 1.55. The van der Waals surface area contributed by atoms with Crippen molar-refractivity contribution in [3.63, 3.8) is 0 Å². The molecule has 0 unspecified atom stereocenters. The fourth-order valence-electron chi connectivity index (χ4n) is 3.42. The standard InChI is InChI=1S/C28H29N3O8Si/c1-40(2,3)14-13-38-27(34)19-9-7-18(8-10-19)25(32)17-39-28(35)20-5-4-6-21(15-20)30-26(33)23-12-11-22(31(36)37)16-24(23)29/h4-12,15-16H,13-14,17,29H2,1-3H3,(H,30,33). The Bertz CT molecular complexity index is 1450. The van der Waals surface area contributed by atoms with Crippen molar-refractivity contribution in [2.45, 2.75) is 25.7 Å². The molecule has 3 aromatic rings. The third kappa shape index (κ3) is 8.33. The minimum absolute atomic E-state index is 0.0232. The third-order valence-electron chi connectivity index (χ3n) is 5.71. The number of carbonyl (C=O) groups excluding carboxylic acids is 4. The molecule has 0 fully saturated rings. The van der Waals surface area contributed by atoms with Gasteiger partial charge in [-0.3, -0.25) is 19.7 Å². The quantitative estimate of drug-likeness (QED) is 0.0817. The highest BCUT2D eigenvalue weighted by atomic mass is 28.3. The summed E-state index contributed by atoms with van der Waals surface area (Å²) < 4.78 is 10.4. The van der Waals surface area contributed by atoms with Crippen LogP contribution in [0.3, 0.4) is 0 Å². The SMILES string of the molecule is C[Si](C)(C)CCOC(=O)c1ccc(C(=O)COC(=O)c2cccc(NC(=O)c3ccc([N+](=O)[O-])cc3N)c2)cc1. The summed E-state index contributed by atoms with van der Waals surface area (Å²) in [6.07, 6.45) is 0. The summed E-state index contributed by atoms with van der Waals surface area (Å²) in [6, 6.07) is 16.1. The number of hydrogen-bond donors (Lipinski definition) is 2. The number of nitrogens with zero attached hydrogens (tertiary/aromatic N) is 1. The molecule has 3 rings (SSSR count). The average Bonchev–Trinajstić information content (AvgIpc) is 2.90. The first-order valence-electron chi connectivity index (χ1n) is 12.3. The van der Waals surface area contributed by atoms with Crippen molar-refractivity contribution < 1.29 is 33.6 Å². The molecule has 0 atom stereocenters. The Morgan fingerprint density at radius 2 is 1.52 bits per heavy atom. The van der Waals surface area contributed by atoms with Crippen molar-refractivity contribution in [2.24, 2.45) is 0 Å². The largest absolute Gasteiger partial charge is 0.462 e. The summed E-state index contributed by atoms with van der Waals surface area (Å²) in [4.78, 5) is 60.1. The summed E-state index contributed by atoms with van der Waals surface area (Å²) in [5, 5.41) is 13.4. The number of nitrogen functional groups attached to an aromatic ring is 1. The number of nitrogens with one attached hydrogen (secondary N) is 1. The highest BCUT2D eigenvalue weighted by Gasteiger charge is 2.18. The number of nitrogens with two attached hydrogens (primary N) is 1. The van der Waals surface area contributed by atoms with Crippen LogP contribution in [-0.2, 0) is 9.47 Å². The van der Waals surface area contributed by atoms with Crippen LogP contribution in [0.1, 0.15) is 41.4 Å². The smallest absolute Gasteiger partial charge is 0.338 e. The molecule has 3 aromatic carbocycles. The average molecular weight is 564 g/mol. The van der Waals surface area contributed by atoms with Gasteiger partial charge in [-0.25, -0.2) is 9.59 Å². The molecule has 0 radical (unpaired) electrons. The number of rotatable bonds is 11. The fourth-order valence-corrected chi connectivity index (χ4v) is 4.13. The number of benzene rings is 3. The second-order valence-corrected chi connectivity index (χ2v) is 15.7. The molecular formula is C28H29N3O8Si. The molecule has 0 aliphatic carbocycles. The Morgan fingerprint density at radius 3 is 2.15 bits per heavy atom. The van der Waals surface area contributed by atoms with Gasteiger partial charge in [0.05, 0.1) is 33.9 Å². The zero-order valence-corrected chi connectivity index (χ0v) is 23.3. The molecule has 0 aliphatic rings. The number of anilines is 2. The second kappa shape index (κ2) is 12.8. The second-order valence-electron chi connectivity index (χ2n) is 10.1. The number of non-ortho nitro benzene ring substituents is 1. The molecule has 0 saturated heterocycles. The summed E-state index contributed by atoms with van der Waals surface area (Å²) in [5.74, 6) is -2.35. The monoisotopic (exact) mass is 563 g/mol. The molecule has 0 heterocycles. The van der Waals surface area contributed by atoms with Crippen molar-refractivity contribution in [1.82, 2.24) is 0 Å². The molecule has 0 spiro atoms. The van der Waals surface area contributed by atoms with Crippen molar-refractivity contribution in [3.8, 4) is 0 Å². The van der Waals surface area contributed by atoms with E-state index >= 15 is 0 Å². The number of amides is 1. The predicted octanol–water partition coefficient (Wildman–Crippen LogP) is 4.96. The summed E-state index contributed by atoms with van der Waals surface area (Å²) >= 11 is 0. The first kappa shape index (κ1) is 29.7. The van der Waals surface area contributed by atoms with Gasteiger partial charge in [0.25, 0.3) is 11.6 Å². The minimum atomic E-state index is -1.33. The molecule has 12 heteroatoms. The number of nitro benzene ring substituents is 1. The van der Waals surface area contributed by atoms with Crippen LogP contribution in [0, 0.1) is 10.1 Å². The van der Waals surface area contributed by atoms with Gasteiger partial charge in [0, 0.05) is 31.5 Å². The maximum Gasteiger partial charge on any atom is 0.338 e. The van der Waals surface area contributed by atoms with Crippen LogP contribution < -0.4 is 11.1 Å². The van der Waals surface area contributed by atoms with E-state index in [9.17, 15) is 29.3 Å². The molecule has 40 heavy (non-hydrogen) atoms. The number of ether oxygens (including phenoxy) is 2. The van der Waals surface area contributed by atoms with Gasteiger partial charge in [-0.15, -0.1) is 0 Å². The number of carbonyl (C=O) groups is 4. The number of Topliss-reactive ketones (excluding diaryl/α,β-unsaturated/α-hetero) is 1. The van der Waals surface area contributed by atoms with Crippen LogP contribution in [0.2, 0.25) is 25.7 Å². The van der Waals surface area contributed by atoms with Crippen molar-refractivity contribution >= 4 is 48.8 Å². The van der Waals surface area contributed by atoms with E-state index in [1.807, 2.05) is 0 Å². The Morgan fingerprint density at radius 1 is 0.875 bits per heavy atom. The van der Waals surface area contributed by atoms with Gasteiger partial charge in [0.2, 0.25) is 0 Å². The number of hydrogen-bond acceptors (Lipinski definition) is 9. The lowest BCUT2D eigenvalue weighted by Crippen LogP contribution is -2.22. The molecule has 0 bridgehead atoms. The lowest BCUT2D eigenvalue weighted by molar-refractivity contribution is -0.384. The highest BCUT2D eigenvalue weighted by Crippen LogP contribution is 2.21. The zero-order valence-electron chi connectivity index (χ0n) is 22.3. The zero-order chi connectivity index (χ0) is 29.4. The molecule has 1 amide bonds. The third-order valence-corrected chi connectivity index (χ3v) is 7.41. The van der Waals surface area contributed by atoms with Crippen LogP contribution in [0.15, 0.2) is 66.7 Å². The number of nitro groups is 1. The van der Waals surface area contributed by atoms with Gasteiger partial charge in [-0.2, -0.15) is 0 Å². The summed E-state index contributed by atoms with van der Waals surface area (Å²) in [5.41, 5.74) is 6.37. The van der Waals surface area contributed by atoms with E-state index in [2.05, 4.69) is 25.0 Å². The highest BCUT2D eigenvalue weighted by molar-refractivity contribution is 6.76. The van der Waals surface area contributed by atoms with Crippen LogP contribution in [0.4, 0.5) is 17.1 Å². The van der Waals surface area contributed by atoms with Crippen molar-refractivity contribution in [2.75, 3.05) is 24.3 Å². The number of esters is 2. The van der Waals surface area contributed by atoms with E-state index in [0.717, 1.165) is 18.2 Å². The van der Waals surface area contributed by atoms with Crippen LogP contribution in [-0.4, -0.2) is 49.8 Å². The molecule has 11 nitrogen and oxygen atoms in total. The molecule has 0 aliphatic heterocycles. The van der Waals surface area contributed by atoms with Crippen molar-refractivity contribution in [3.05, 3.63) is 99.1 Å². The molecule has 3 N–H and O–H groups in total. The Labute approximate surface area is 231 Å². The van der Waals surface area contributed by atoms with Gasteiger partial charge < -0.3 is 20.5 Å². The maximum absolute atomic E-state index is 12.6. The van der Waals surface area contributed by atoms with E-state index < -0.39 is 43.2 Å². The van der Waals surface area contributed by atoms with Gasteiger partial charge in [0.15, 0.2) is 12.4 Å². The first-order valence-corrected chi connectivity index (χ1v) is 16.0. The topological polar surface area (TPSA) is 168 Å². The molecule has 0 saturated carbocycles. The van der Waals surface area contributed by atoms with Crippen LogP contribution in [0.25, 0.3) is 0 Å². The van der Waals surface area contributed by atoms with E-state index in [-0.39, 0.29) is 33.8 Å². The van der Waals surface area contributed by atoms with E-state index in [0.29, 0.717) is 12.2 Å². The lowest BCUT2D eigenvalue weighted by Gasteiger charge is -2.15. The maximum atomic E-state index is 12.6. The number of ketones is 1. The van der Waals surface area contributed by atoms with E-state index in [1.54, 1.807) is 0 Å². The first-order chi connectivity index (χ1) is 18.8. The predicted molar refractivity (Wildman–Crippen MR) is 151 cm³/mol. The summed E-state index contributed by atoms with van der Waals surface area (Å²) in [7, 11) is -1.33. The van der Waals surface area contributed by atoms with Crippen molar-refractivity contribution in [1.29, 1.82) is 0 Å². The molecule has 208 valence electrons. The Kier molecular flexibility index (Phi) is 9.51. The lowest BCUT2D eigenvalue weighted by atomic mass is 10.1. The van der Waals surface area contributed by atoms with Crippen LogP contribution >= 0.6 is 0 Å². The van der Waals surface area contributed by atoms with Gasteiger partial charge in [-0.05, 0) is 42.4 Å². The van der Waals surface area contributed by atoms with Crippen LogP contribution in [0.5, 0.6) is 0 Å². The molecular weight excluding hydrogens is 534 g/mol. The fraction of sp³-hybridized carbons (Fsp3) is 0.214. The summed E-state index contributed by atoms with van der Waals surface area (Å²) in [6.45, 7) is 6.37. The van der Waals surface area contributed by atoms with Gasteiger partial charge >= 0.3 is 11.9 Å². The van der Waals surface area contributed by atoms with Gasteiger partial charge in [-0.1, -0.05) is 37.8 Å². The Hall–Kier alpha value is -4.84. The minimum Gasteiger partial charge on any atom is -0.462 e. The van der Waals surface area contributed by atoms with E-state index in [4.69, 9.17) is 15.2 Å². The van der Waals surface area contributed by atoms with Gasteiger partial charge in [0.1, 0.15) is 0 Å².